The second kappa shape index (κ2) is 12.2. The minimum atomic E-state index is -0.524. The maximum atomic E-state index is 6.63. The number of hydrogen-bond donors (Lipinski definition) is 2. The van der Waals surface area contributed by atoms with E-state index in [4.69, 9.17) is 4.74 Å². The van der Waals surface area contributed by atoms with E-state index in [-0.39, 0.29) is 12.2 Å². The number of hydrogen-bond acceptors (Lipinski definition) is 2. The number of ether oxygens (including phenoxy) is 1. The Bertz CT molecular complexity index is 2710. The zero-order chi connectivity index (χ0) is 35.6. The van der Waals surface area contributed by atoms with Crippen molar-refractivity contribution in [2.75, 3.05) is 0 Å². The summed E-state index contributed by atoms with van der Waals surface area (Å²) in [6.07, 6.45) is 2.41. The summed E-state index contributed by atoms with van der Waals surface area (Å²) in [6.45, 7) is 0. The zero-order valence-electron chi connectivity index (χ0n) is 29.6. The summed E-state index contributed by atoms with van der Waals surface area (Å²) in [7, 11) is 0. The van der Waals surface area contributed by atoms with Gasteiger partial charge in [-0.2, -0.15) is 0 Å². The largest absolute Gasteiger partial charge is 0.457 e. The van der Waals surface area contributed by atoms with E-state index in [9.17, 15) is 0 Å². The van der Waals surface area contributed by atoms with E-state index in [0.717, 1.165) is 17.2 Å². The van der Waals surface area contributed by atoms with Crippen LogP contribution in [0.15, 0.2) is 194 Å². The molecule has 3 heteroatoms. The Hall–Kier alpha value is -6.68. The van der Waals surface area contributed by atoms with Gasteiger partial charge in [-0.15, -0.1) is 0 Å². The fourth-order valence-electron chi connectivity index (χ4n) is 9.23. The fourth-order valence-corrected chi connectivity index (χ4v) is 9.23. The Labute approximate surface area is 315 Å². The van der Waals surface area contributed by atoms with Gasteiger partial charge in [-0.3, -0.25) is 0 Å². The molecule has 256 valence electrons. The first kappa shape index (κ1) is 30.9. The summed E-state index contributed by atoms with van der Waals surface area (Å²) in [5.74, 6) is 1.82. The molecule has 3 N–H and O–H groups in total. The van der Waals surface area contributed by atoms with Crippen LogP contribution < -0.4 is 15.4 Å². The van der Waals surface area contributed by atoms with Gasteiger partial charge in [0.15, 0.2) is 6.17 Å². The van der Waals surface area contributed by atoms with Gasteiger partial charge in [0.25, 0.3) is 0 Å². The van der Waals surface area contributed by atoms with Gasteiger partial charge in [0.2, 0.25) is 0 Å². The summed E-state index contributed by atoms with van der Waals surface area (Å²) >= 11 is 0. The van der Waals surface area contributed by atoms with Crippen molar-refractivity contribution >= 4 is 16.5 Å². The van der Waals surface area contributed by atoms with E-state index >= 15 is 0 Å². The number of nitrogens with two attached hydrogens (primary N) is 1. The van der Waals surface area contributed by atoms with Crippen molar-refractivity contribution in [3.05, 3.63) is 233 Å². The number of rotatable bonds is 4. The van der Waals surface area contributed by atoms with E-state index in [2.05, 4.69) is 205 Å². The maximum Gasteiger partial charge on any atom is 0.186 e. The van der Waals surface area contributed by atoms with E-state index in [1.54, 1.807) is 0 Å². The SMILES string of the molecule is C1=C(c2ccccc2)NC(c2ccc(-c3ccc4c(c3)C3(c5ccccc5Oc5ccccc53)c3cc5ccccc5cc3-4)cc2)[NH2+]C1c1ccccc1. The molecule has 8 aromatic carbocycles. The molecule has 0 bridgehead atoms. The normalized spacial score (nSPS) is 17.4. The van der Waals surface area contributed by atoms with Crippen LogP contribution in [-0.4, -0.2) is 0 Å². The molecule has 1 spiro atoms. The van der Waals surface area contributed by atoms with Crippen LogP contribution in [0.3, 0.4) is 0 Å². The summed E-state index contributed by atoms with van der Waals surface area (Å²) in [5.41, 5.74) is 14.3. The Balaban J connectivity index is 1.03. The van der Waals surface area contributed by atoms with Crippen LogP contribution in [0.2, 0.25) is 0 Å². The molecule has 2 heterocycles. The number of benzene rings is 8. The van der Waals surface area contributed by atoms with Crippen LogP contribution in [0.5, 0.6) is 11.5 Å². The molecule has 0 saturated heterocycles. The van der Waals surface area contributed by atoms with E-state index in [1.807, 2.05) is 0 Å². The molecular weight excluding hydrogens is 657 g/mol. The molecular formula is C51H37N2O+. The Morgan fingerprint density at radius 1 is 0.444 bits per heavy atom. The number of quaternary nitrogens is 1. The second-order valence-corrected chi connectivity index (χ2v) is 14.7. The lowest BCUT2D eigenvalue weighted by Crippen LogP contribution is -2.89. The van der Waals surface area contributed by atoms with E-state index in [0.29, 0.717) is 0 Å². The van der Waals surface area contributed by atoms with Gasteiger partial charge < -0.3 is 15.4 Å². The molecule has 8 aromatic rings. The number of nitrogens with one attached hydrogen (secondary N) is 1. The molecule has 54 heavy (non-hydrogen) atoms. The lowest BCUT2D eigenvalue weighted by atomic mass is 9.65. The molecule has 0 amide bonds. The third-order valence-electron chi connectivity index (χ3n) is 11.7. The van der Waals surface area contributed by atoms with Crippen molar-refractivity contribution in [1.29, 1.82) is 0 Å². The Morgan fingerprint density at radius 2 is 1.04 bits per heavy atom. The quantitative estimate of drug-likeness (QED) is 0.193. The topological polar surface area (TPSA) is 37.9 Å². The van der Waals surface area contributed by atoms with Gasteiger partial charge in [-0.05, 0) is 80.0 Å². The molecule has 0 fully saturated rings. The monoisotopic (exact) mass is 693 g/mol. The van der Waals surface area contributed by atoms with Crippen molar-refractivity contribution in [1.82, 2.24) is 5.32 Å². The number of fused-ring (bicyclic) bond motifs is 10. The first-order chi connectivity index (χ1) is 26.7. The summed E-state index contributed by atoms with van der Waals surface area (Å²) in [6, 6.07) is 68.7. The summed E-state index contributed by atoms with van der Waals surface area (Å²) < 4.78 is 6.63. The molecule has 2 unspecified atom stereocenters. The Kier molecular flexibility index (Phi) is 6.98. The molecule has 11 rings (SSSR count). The standard InChI is InChI=1S/C51H36N2O/c1-3-13-34(14-4-1)46-32-47(35-15-5-2-6-16-35)53-50(52-46)36-25-23-33(24-26-36)39-27-28-40-41-29-37-17-7-8-18-38(37)30-45(41)51(44(40)31-39)42-19-9-11-21-48(42)54-49-22-12-10-20-43(49)51/h1-32,46,50,52-53H/p+1. The third kappa shape index (κ3) is 4.72. The summed E-state index contributed by atoms with van der Waals surface area (Å²) in [4.78, 5) is 0. The van der Waals surface area contributed by atoms with Crippen molar-refractivity contribution in [3.63, 3.8) is 0 Å². The lowest BCUT2D eigenvalue weighted by Gasteiger charge is -2.39. The zero-order valence-corrected chi connectivity index (χ0v) is 29.6. The molecule has 0 saturated carbocycles. The van der Waals surface area contributed by atoms with E-state index in [1.165, 1.54) is 72.0 Å². The number of para-hydroxylation sites is 2. The Morgan fingerprint density at radius 3 is 1.76 bits per heavy atom. The fraction of sp³-hybridized carbons (Fsp3) is 0.0588. The predicted octanol–water partition coefficient (Wildman–Crippen LogP) is 10.9. The first-order valence-electron chi connectivity index (χ1n) is 18.8. The third-order valence-corrected chi connectivity index (χ3v) is 11.7. The van der Waals surface area contributed by atoms with Crippen molar-refractivity contribution < 1.29 is 10.1 Å². The second-order valence-electron chi connectivity index (χ2n) is 14.7. The first-order valence-corrected chi connectivity index (χ1v) is 18.8. The van der Waals surface area contributed by atoms with Crippen LogP contribution in [0.25, 0.3) is 38.7 Å². The van der Waals surface area contributed by atoms with Crippen LogP contribution in [0.1, 0.15) is 51.2 Å². The van der Waals surface area contributed by atoms with Gasteiger partial charge in [0.05, 0.1) is 5.41 Å². The van der Waals surface area contributed by atoms with Crippen LogP contribution in [0.4, 0.5) is 0 Å². The lowest BCUT2D eigenvalue weighted by molar-refractivity contribution is -0.731. The van der Waals surface area contributed by atoms with Crippen LogP contribution in [-0.2, 0) is 5.41 Å². The van der Waals surface area contributed by atoms with E-state index < -0.39 is 5.41 Å². The molecule has 1 aliphatic carbocycles. The van der Waals surface area contributed by atoms with Gasteiger partial charge in [-0.1, -0.05) is 158 Å². The highest BCUT2D eigenvalue weighted by Gasteiger charge is 2.51. The molecule has 3 nitrogen and oxygen atoms in total. The minimum absolute atomic E-state index is 0.0617. The van der Waals surface area contributed by atoms with Crippen LogP contribution in [0, 0.1) is 0 Å². The molecule has 2 atom stereocenters. The van der Waals surface area contributed by atoms with Crippen molar-refractivity contribution in [2.24, 2.45) is 0 Å². The maximum absolute atomic E-state index is 6.63. The summed E-state index contributed by atoms with van der Waals surface area (Å²) in [5, 5.41) is 8.78. The van der Waals surface area contributed by atoms with Gasteiger partial charge in [-0.25, -0.2) is 0 Å². The average Bonchev–Trinajstić information content (AvgIpc) is 3.52. The highest BCUT2D eigenvalue weighted by molar-refractivity contribution is 5.97. The van der Waals surface area contributed by atoms with Crippen molar-refractivity contribution in [2.45, 2.75) is 17.6 Å². The molecule has 3 aliphatic rings. The highest BCUT2D eigenvalue weighted by Crippen LogP contribution is 2.62. The predicted molar refractivity (Wildman–Crippen MR) is 218 cm³/mol. The highest BCUT2D eigenvalue weighted by atomic mass is 16.5. The van der Waals surface area contributed by atoms with Gasteiger partial charge >= 0.3 is 0 Å². The minimum Gasteiger partial charge on any atom is -0.457 e. The van der Waals surface area contributed by atoms with Gasteiger partial charge in [0, 0.05) is 34.0 Å². The average molecular weight is 694 g/mol. The van der Waals surface area contributed by atoms with Crippen LogP contribution >= 0.6 is 0 Å². The molecule has 2 aliphatic heterocycles. The van der Waals surface area contributed by atoms with Crippen molar-refractivity contribution in [3.8, 4) is 33.8 Å². The molecule has 0 aromatic heterocycles. The molecule has 0 radical (unpaired) electrons. The smallest absolute Gasteiger partial charge is 0.186 e. The van der Waals surface area contributed by atoms with Gasteiger partial charge in [0.1, 0.15) is 17.5 Å².